The lowest BCUT2D eigenvalue weighted by atomic mass is 10.1. The minimum absolute atomic E-state index is 0.0697. The molecule has 0 bridgehead atoms. The smallest absolute Gasteiger partial charge is 0.296 e. The number of anilines is 1. The zero-order chi connectivity index (χ0) is 13.6. The van der Waals surface area contributed by atoms with Gasteiger partial charge in [0.1, 0.15) is 10.8 Å². The van der Waals surface area contributed by atoms with Gasteiger partial charge in [-0.2, -0.15) is 0 Å². The van der Waals surface area contributed by atoms with E-state index in [2.05, 4.69) is 15.5 Å². The van der Waals surface area contributed by atoms with Crippen LogP contribution in [-0.2, 0) is 4.79 Å². The van der Waals surface area contributed by atoms with Gasteiger partial charge in [-0.05, 0) is 19.1 Å². The number of benzene rings is 1. The summed E-state index contributed by atoms with van der Waals surface area (Å²) < 4.78 is 14.5. The van der Waals surface area contributed by atoms with Crippen LogP contribution in [-0.4, -0.2) is 21.9 Å². The average molecular weight is 295 g/mol. The van der Waals surface area contributed by atoms with Gasteiger partial charge < -0.3 is 5.32 Å². The Kier molecular flexibility index (Phi) is 2.83. The second-order valence-corrected chi connectivity index (χ2v) is 6.27. The minimum Gasteiger partial charge on any atom is -0.318 e. The normalized spacial score (nSPS) is 13.6. The molecular weight excluding hydrogens is 289 g/mol. The number of carbonyl (C=O) groups excluding carboxylic acids is 2. The standard InChI is InChI=1S/C11H6FN3O2S2/c1-4-14-15-11(18-4)19-8-3-7-5(2-6(8)12)9(16)10(17)13-7/h2-3H,1H3,(H,13,16,17). The second kappa shape index (κ2) is 4.39. The first kappa shape index (κ1) is 12.2. The molecule has 2 aromatic rings. The van der Waals surface area contributed by atoms with E-state index in [0.29, 0.717) is 14.9 Å². The highest BCUT2D eigenvalue weighted by atomic mass is 32.2. The molecule has 0 unspecified atom stereocenters. The molecule has 1 amide bonds. The molecule has 1 aliphatic heterocycles. The summed E-state index contributed by atoms with van der Waals surface area (Å²) in [5, 5.41) is 10.9. The van der Waals surface area contributed by atoms with E-state index in [0.717, 1.165) is 22.8 Å². The number of ketones is 1. The number of nitrogens with one attached hydrogen (secondary N) is 1. The summed E-state index contributed by atoms with van der Waals surface area (Å²) in [7, 11) is 0. The number of carbonyl (C=O) groups is 2. The summed E-state index contributed by atoms with van der Waals surface area (Å²) >= 11 is 2.46. The van der Waals surface area contributed by atoms with Crippen molar-refractivity contribution in [1.29, 1.82) is 0 Å². The molecular formula is C11H6FN3O2S2. The van der Waals surface area contributed by atoms with Gasteiger partial charge >= 0.3 is 0 Å². The molecule has 19 heavy (non-hydrogen) atoms. The Morgan fingerprint density at radius 2 is 2.11 bits per heavy atom. The number of fused-ring (bicyclic) bond motifs is 1. The van der Waals surface area contributed by atoms with Crippen LogP contribution in [0.2, 0.25) is 0 Å². The number of hydrogen-bond donors (Lipinski definition) is 1. The molecule has 2 heterocycles. The highest BCUT2D eigenvalue weighted by Gasteiger charge is 2.29. The third-order valence-corrected chi connectivity index (χ3v) is 4.40. The maximum atomic E-state index is 13.9. The zero-order valence-electron chi connectivity index (χ0n) is 9.56. The summed E-state index contributed by atoms with van der Waals surface area (Å²) in [4.78, 5) is 22.9. The Hall–Kier alpha value is -1.80. The topological polar surface area (TPSA) is 72.0 Å². The van der Waals surface area contributed by atoms with Crippen molar-refractivity contribution in [3.05, 3.63) is 28.5 Å². The predicted molar refractivity (Wildman–Crippen MR) is 68.1 cm³/mol. The van der Waals surface area contributed by atoms with Crippen molar-refractivity contribution in [2.24, 2.45) is 0 Å². The number of Topliss-reactive ketones (excluding diaryl/α,β-unsaturated/α-hetero) is 1. The van der Waals surface area contributed by atoms with E-state index in [4.69, 9.17) is 0 Å². The fourth-order valence-electron chi connectivity index (χ4n) is 1.64. The van der Waals surface area contributed by atoms with Crippen molar-refractivity contribution in [1.82, 2.24) is 10.2 Å². The number of aryl methyl sites for hydroxylation is 1. The first-order chi connectivity index (χ1) is 9.04. The van der Waals surface area contributed by atoms with Crippen molar-refractivity contribution < 1.29 is 14.0 Å². The van der Waals surface area contributed by atoms with Crippen LogP contribution in [0.15, 0.2) is 21.4 Å². The Labute approximate surface area is 115 Å². The SMILES string of the molecule is Cc1nnc(Sc2cc3c(cc2F)C(=O)C(=O)N3)s1. The number of amides is 1. The molecule has 1 aromatic heterocycles. The van der Waals surface area contributed by atoms with Gasteiger partial charge in [0, 0.05) is 0 Å². The van der Waals surface area contributed by atoms with Crippen LogP contribution in [0.5, 0.6) is 0 Å². The molecule has 0 radical (unpaired) electrons. The molecule has 3 rings (SSSR count). The van der Waals surface area contributed by atoms with Crippen molar-refractivity contribution in [3.63, 3.8) is 0 Å². The average Bonchev–Trinajstić information content (AvgIpc) is 2.87. The Bertz CT molecular complexity index is 714. The quantitative estimate of drug-likeness (QED) is 0.860. The van der Waals surface area contributed by atoms with Crippen LogP contribution in [0.3, 0.4) is 0 Å². The summed E-state index contributed by atoms with van der Waals surface area (Å²) in [5.74, 6) is -2.00. The molecule has 0 atom stereocenters. The van der Waals surface area contributed by atoms with Gasteiger partial charge in [-0.3, -0.25) is 9.59 Å². The van der Waals surface area contributed by atoms with Crippen LogP contribution in [0.4, 0.5) is 10.1 Å². The summed E-state index contributed by atoms with van der Waals surface area (Å²) in [6, 6.07) is 2.51. The lowest BCUT2D eigenvalue weighted by Gasteiger charge is -2.03. The van der Waals surface area contributed by atoms with Crippen LogP contribution in [0, 0.1) is 12.7 Å². The Morgan fingerprint density at radius 1 is 1.32 bits per heavy atom. The maximum absolute atomic E-state index is 13.9. The van der Waals surface area contributed by atoms with Crippen LogP contribution < -0.4 is 5.32 Å². The van der Waals surface area contributed by atoms with Gasteiger partial charge in [0.05, 0.1) is 16.1 Å². The lowest BCUT2D eigenvalue weighted by molar-refractivity contribution is -0.112. The highest BCUT2D eigenvalue weighted by Crippen LogP contribution is 2.36. The fourth-order valence-corrected chi connectivity index (χ4v) is 3.45. The molecule has 1 aliphatic rings. The van der Waals surface area contributed by atoms with E-state index in [-0.39, 0.29) is 5.56 Å². The van der Waals surface area contributed by atoms with Crippen molar-refractivity contribution in [2.45, 2.75) is 16.2 Å². The van der Waals surface area contributed by atoms with Gasteiger partial charge in [0.25, 0.3) is 11.7 Å². The third kappa shape index (κ3) is 2.13. The lowest BCUT2D eigenvalue weighted by Crippen LogP contribution is -2.12. The first-order valence-corrected chi connectivity index (χ1v) is 6.85. The zero-order valence-corrected chi connectivity index (χ0v) is 11.2. The van der Waals surface area contributed by atoms with E-state index >= 15 is 0 Å². The largest absolute Gasteiger partial charge is 0.318 e. The van der Waals surface area contributed by atoms with Gasteiger partial charge in [-0.15, -0.1) is 10.2 Å². The summed E-state index contributed by atoms with van der Waals surface area (Å²) in [5.41, 5.74) is 0.403. The Balaban J connectivity index is 1.98. The molecule has 0 fully saturated rings. The number of nitrogens with zero attached hydrogens (tertiary/aromatic N) is 2. The van der Waals surface area contributed by atoms with E-state index in [9.17, 15) is 14.0 Å². The number of hydrogen-bond acceptors (Lipinski definition) is 6. The molecule has 0 saturated carbocycles. The van der Waals surface area contributed by atoms with E-state index in [1.54, 1.807) is 6.92 Å². The van der Waals surface area contributed by atoms with Crippen molar-refractivity contribution in [3.8, 4) is 0 Å². The molecule has 0 spiro atoms. The van der Waals surface area contributed by atoms with Crippen LogP contribution in [0.25, 0.3) is 0 Å². The van der Waals surface area contributed by atoms with E-state index in [1.165, 1.54) is 17.4 Å². The van der Waals surface area contributed by atoms with Gasteiger partial charge in [0.15, 0.2) is 4.34 Å². The monoisotopic (exact) mass is 295 g/mol. The third-order valence-electron chi connectivity index (χ3n) is 2.48. The summed E-state index contributed by atoms with van der Waals surface area (Å²) in [6.45, 7) is 1.81. The van der Waals surface area contributed by atoms with Gasteiger partial charge in [-0.1, -0.05) is 23.1 Å². The van der Waals surface area contributed by atoms with Gasteiger partial charge in [0.2, 0.25) is 0 Å². The number of aromatic nitrogens is 2. The number of halogens is 1. The summed E-state index contributed by atoms with van der Waals surface area (Å²) in [6.07, 6.45) is 0. The molecule has 0 aliphatic carbocycles. The predicted octanol–water partition coefficient (Wildman–Crippen LogP) is 2.27. The van der Waals surface area contributed by atoms with Crippen molar-refractivity contribution >= 4 is 40.5 Å². The molecule has 5 nitrogen and oxygen atoms in total. The number of rotatable bonds is 2. The van der Waals surface area contributed by atoms with Crippen molar-refractivity contribution in [2.75, 3.05) is 5.32 Å². The first-order valence-electron chi connectivity index (χ1n) is 5.22. The maximum Gasteiger partial charge on any atom is 0.296 e. The molecule has 8 heteroatoms. The molecule has 0 saturated heterocycles. The molecule has 96 valence electrons. The van der Waals surface area contributed by atoms with E-state index in [1.807, 2.05) is 0 Å². The Morgan fingerprint density at radius 3 is 2.79 bits per heavy atom. The molecule has 1 aromatic carbocycles. The highest BCUT2D eigenvalue weighted by molar-refractivity contribution is 8.01. The van der Waals surface area contributed by atoms with Crippen LogP contribution >= 0.6 is 23.1 Å². The van der Waals surface area contributed by atoms with Crippen LogP contribution in [0.1, 0.15) is 15.4 Å². The second-order valence-electron chi connectivity index (χ2n) is 3.80. The van der Waals surface area contributed by atoms with Gasteiger partial charge in [-0.25, -0.2) is 4.39 Å². The minimum atomic E-state index is -0.733. The van der Waals surface area contributed by atoms with E-state index < -0.39 is 17.5 Å². The molecule has 1 N–H and O–H groups in total. The fraction of sp³-hybridized carbons (Fsp3) is 0.0909.